The molecule has 0 saturated heterocycles. The first-order chi connectivity index (χ1) is 15.7. The van der Waals surface area contributed by atoms with E-state index < -0.39 is 27.6 Å². The molecule has 0 N–H and O–H groups in total. The van der Waals surface area contributed by atoms with E-state index >= 15 is 0 Å². The van der Waals surface area contributed by atoms with Crippen LogP contribution in [-0.4, -0.2) is 39.9 Å². The van der Waals surface area contributed by atoms with Gasteiger partial charge in [0.05, 0.1) is 23.3 Å². The number of para-hydroxylation sites is 1. The summed E-state index contributed by atoms with van der Waals surface area (Å²) in [5.41, 5.74) is 1.71. The standard InChI is InChI=1S/C24H22F2N2O4S/c1-27(15-17-7-8-18(25)13-21(17)26)24(29)20-14-19(9-10-23(20)32-2)33(30,31)28-12-11-16-5-3-4-6-22(16)28/h3-10,13-14H,11-12,15H2,1-2H3. The average molecular weight is 473 g/mol. The summed E-state index contributed by atoms with van der Waals surface area (Å²) in [7, 11) is -1.11. The molecular weight excluding hydrogens is 450 g/mol. The van der Waals surface area contributed by atoms with Crippen LogP contribution in [0.15, 0.2) is 65.6 Å². The number of rotatable bonds is 6. The lowest BCUT2D eigenvalue weighted by molar-refractivity contribution is 0.0780. The largest absolute Gasteiger partial charge is 0.496 e. The summed E-state index contributed by atoms with van der Waals surface area (Å²) in [5.74, 6) is -1.86. The number of amides is 1. The Labute approximate surface area is 191 Å². The minimum absolute atomic E-state index is 0.0241. The minimum Gasteiger partial charge on any atom is -0.496 e. The molecule has 0 saturated carbocycles. The van der Waals surface area contributed by atoms with Crippen molar-refractivity contribution in [2.24, 2.45) is 0 Å². The number of methoxy groups -OCH3 is 1. The Morgan fingerprint density at radius 3 is 2.58 bits per heavy atom. The predicted octanol–water partition coefficient (Wildman–Crippen LogP) is 4.00. The second kappa shape index (κ2) is 8.82. The molecule has 0 atom stereocenters. The zero-order valence-corrected chi connectivity index (χ0v) is 18.9. The number of hydrogen-bond acceptors (Lipinski definition) is 4. The number of halogens is 2. The topological polar surface area (TPSA) is 66.9 Å². The molecule has 0 aliphatic carbocycles. The number of hydrogen-bond donors (Lipinski definition) is 0. The molecular formula is C24H22F2N2O4S. The van der Waals surface area contributed by atoms with Crippen LogP contribution >= 0.6 is 0 Å². The highest BCUT2D eigenvalue weighted by Gasteiger charge is 2.32. The number of anilines is 1. The third-order valence-electron chi connectivity index (χ3n) is 5.60. The molecule has 1 aliphatic rings. The van der Waals surface area contributed by atoms with Crippen LogP contribution in [0.3, 0.4) is 0 Å². The molecule has 0 bridgehead atoms. The zero-order chi connectivity index (χ0) is 23.8. The van der Waals surface area contributed by atoms with Crippen LogP contribution in [0.1, 0.15) is 21.5 Å². The van der Waals surface area contributed by atoms with Gasteiger partial charge in [-0.1, -0.05) is 24.3 Å². The van der Waals surface area contributed by atoms with E-state index in [0.29, 0.717) is 18.7 Å². The Balaban J connectivity index is 1.66. The van der Waals surface area contributed by atoms with E-state index in [4.69, 9.17) is 4.74 Å². The van der Waals surface area contributed by atoms with E-state index in [1.54, 1.807) is 12.1 Å². The third-order valence-corrected chi connectivity index (χ3v) is 7.41. The van der Waals surface area contributed by atoms with Gasteiger partial charge in [0, 0.05) is 31.8 Å². The lowest BCUT2D eigenvalue weighted by Gasteiger charge is -2.22. The second-order valence-electron chi connectivity index (χ2n) is 7.71. The number of carbonyl (C=O) groups excluding carboxylic acids is 1. The fourth-order valence-electron chi connectivity index (χ4n) is 3.88. The summed E-state index contributed by atoms with van der Waals surface area (Å²) in [6.07, 6.45) is 0.601. The molecule has 4 rings (SSSR count). The van der Waals surface area contributed by atoms with Gasteiger partial charge in [-0.25, -0.2) is 17.2 Å². The Morgan fingerprint density at radius 2 is 1.85 bits per heavy atom. The fraction of sp³-hybridized carbons (Fsp3) is 0.208. The minimum atomic E-state index is -3.92. The van der Waals surface area contributed by atoms with Gasteiger partial charge in [0.2, 0.25) is 0 Å². The van der Waals surface area contributed by atoms with Crippen LogP contribution in [0, 0.1) is 11.6 Å². The summed E-state index contributed by atoms with van der Waals surface area (Å²) in [6, 6.07) is 14.5. The molecule has 33 heavy (non-hydrogen) atoms. The maximum absolute atomic E-state index is 14.0. The Hall–Kier alpha value is -3.46. The van der Waals surface area contributed by atoms with Crippen LogP contribution in [0.2, 0.25) is 0 Å². The molecule has 0 spiro atoms. The SMILES string of the molecule is COc1ccc(S(=O)(=O)N2CCc3ccccc32)cc1C(=O)N(C)Cc1ccc(F)cc1F. The molecule has 3 aromatic rings. The van der Waals surface area contributed by atoms with Crippen molar-refractivity contribution < 1.29 is 26.7 Å². The first-order valence-electron chi connectivity index (χ1n) is 10.2. The molecule has 1 amide bonds. The predicted molar refractivity (Wildman–Crippen MR) is 120 cm³/mol. The number of ether oxygens (including phenoxy) is 1. The summed E-state index contributed by atoms with van der Waals surface area (Å²) in [4.78, 5) is 14.3. The number of sulfonamides is 1. The molecule has 6 nitrogen and oxygen atoms in total. The Bertz CT molecular complexity index is 1330. The van der Waals surface area contributed by atoms with Crippen molar-refractivity contribution in [2.75, 3.05) is 25.0 Å². The van der Waals surface area contributed by atoms with E-state index in [0.717, 1.165) is 17.7 Å². The lowest BCUT2D eigenvalue weighted by Crippen LogP contribution is -2.30. The number of benzene rings is 3. The summed E-state index contributed by atoms with van der Waals surface area (Å²) in [6.45, 7) is 0.172. The van der Waals surface area contributed by atoms with Crippen LogP contribution in [-0.2, 0) is 23.0 Å². The van der Waals surface area contributed by atoms with Crippen LogP contribution in [0.5, 0.6) is 5.75 Å². The molecule has 0 aromatic heterocycles. The van der Waals surface area contributed by atoms with Gasteiger partial charge in [-0.2, -0.15) is 0 Å². The fourth-order valence-corrected chi connectivity index (χ4v) is 5.41. The van der Waals surface area contributed by atoms with Gasteiger partial charge in [0.25, 0.3) is 15.9 Å². The van der Waals surface area contributed by atoms with Crippen LogP contribution in [0.25, 0.3) is 0 Å². The van der Waals surface area contributed by atoms with Crippen molar-refractivity contribution >= 4 is 21.6 Å². The van der Waals surface area contributed by atoms with Gasteiger partial charge in [-0.3, -0.25) is 9.10 Å². The highest BCUT2D eigenvalue weighted by atomic mass is 32.2. The van der Waals surface area contributed by atoms with Gasteiger partial charge < -0.3 is 9.64 Å². The first kappa shape index (κ1) is 22.7. The van der Waals surface area contributed by atoms with E-state index in [1.807, 2.05) is 12.1 Å². The third kappa shape index (κ3) is 4.28. The molecule has 172 valence electrons. The van der Waals surface area contributed by atoms with Gasteiger partial charge in [-0.15, -0.1) is 0 Å². The first-order valence-corrected chi connectivity index (χ1v) is 11.6. The van der Waals surface area contributed by atoms with Crippen molar-refractivity contribution in [2.45, 2.75) is 17.9 Å². The second-order valence-corrected chi connectivity index (χ2v) is 9.58. The molecule has 3 aromatic carbocycles. The number of nitrogens with zero attached hydrogens (tertiary/aromatic N) is 2. The normalized spacial score (nSPS) is 13.0. The summed E-state index contributed by atoms with van der Waals surface area (Å²) < 4.78 is 60.6. The van der Waals surface area contributed by atoms with Gasteiger partial charge in [-0.05, 0) is 42.3 Å². The quantitative estimate of drug-likeness (QED) is 0.544. The number of carbonyl (C=O) groups is 1. The van der Waals surface area contributed by atoms with Crippen molar-refractivity contribution in [3.05, 3.63) is 89.0 Å². The highest BCUT2D eigenvalue weighted by molar-refractivity contribution is 7.92. The van der Waals surface area contributed by atoms with Crippen molar-refractivity contribution in [1.29, 1.82) is 0 Å². The van der Waals surface area contributed by atoms with Crippen molar-refractivity contribution in [1.82, 2.24) is 4.90 Å². The Kier molecular flexibility index (Phi) is 6.07. The maximum Gasteiger partial charge on any atom is 0.264 e. The van der Waals surface area contributed by atoms with Crippen LogP contribution < -0.4 is 9.04 Å². The Morgan fingerprint density at radius 1 is 1.09 bits per heavy atom. The van der Waals surface area contributed by atoms with Gasteiger partial charge >= 0.3 is 0 Å². The van der Waals surface area contributed by atoms with Crippen LogP contribution in [0.4, 0.5) is 14.5 Å². The van der Waals surface area contributed by atoms with E-state index in [-0.39, 0.29) is 28.3 Å². The van der Waals surface area contributed by atoms with Crippen molar-refractivity contribution in [3.8, 4) is 5.75 Å². The number of fused-ring (bicyclic) bond motifs is 1. The zero-order valence-electron chi connectivity index (χ0n) is 18.1. The maximum atomic E-state index is 14.0. The highest BCUT2D eigenvalue weighted by Crippen LogP contribution is 2.34. The van der Waals surface area contributed by atoms with E-state index in [1.165, 1.54) is 47.6 Å². The smallest absolute Gasteiger partial charge is 0.264 e. The van der Waals surface area contributed by atoms with Gasteiger partial charge in [0.15, 0.2) is 0 Å². The molecule has 1 aliphatic heterocycles. The molecule has 0 fully saturated rings. The average Bonchev–Trinajstić information content (AvgIpc) is 3.25. The monoisotopic (exact) mass is 472 g/mol. The summed E-state index contributed by atoms with van der Waals surface area (Å²) in [5, 5.41) is 0. The molecule has 0 radical (unpaired) electrons. The summed E-state index contributed by atoms with van der Waals surface area (Å²) >= 11 is 0. The molecule has 9 heteroatoms. The lowest BCUT2D eigenvalue weighted by atomic mass is 10.1. The molecule has 0 unspecified atom stereocenters. The van der Waals surface area contributed by atoms with Gasteiger partial charge in [0.1, 0.15) is 17.4 Å². The molecule has 1 heterocycles. The van der Waals surface area contributed by atoms with E-state index in [2.05, 4.69) is 0 Å². The van der Waals surface area contributed by atoms with Crippen molar-refractivity contribution in [3.63, 3.8) is 0 Å². The van der Waals surface area contributed by atoms with E-state index in [9.17, 15) is 22.0 Å².